The first-order valence-electron chi connectivity index (χ1n) is 9.25. The van der Waals surface area contributed by atoms with Crippen molar-refractivity contribution in [2.24, 2.45) is 5.41 Å². The Morgan fingerprint density at radius 3 is 2.46 bits per heavy atom. The van der Waals surface area contributed by atoms with Crippen molar-refractivity contribution in [1.29, 1.82) is 0 Å². The van der Waals surface area contributed by atoms with Gasteiger partial charge in [0.1, 0.15) is 11.4 Å². The van der Waals surface area contributed by atoms with Crippen LogP contribution in [0.1, 0.15) is 50.6 Å². The van der Waals surface area contributed by atoms with Gasteiger partial charge in [-0.2, -0.15) is 0 Å². The van der Waals surface area contributed by atoms with Crippen LogP contribution in [-0.2, 0) is 14.8 Å². The third-order valence-electron chi connectivity index (χ3n) is 6.15. The van der Waals surface area contributed by atoms with Crippen LogP contribution in [0, 0.1) is 5.41 Å². The molecule has 142 valence electrons. The number of sulfonamides is 1. The number of carbonyl (C=O) groups is 1. The first kappa shape index (κ1) is 17.8. The molecule has 0 radical (unpaired) electrons. The van der Waals surface area contributed by atoms with Crippen LogP contribution in [-0.4, -0.2) is 43.6 Å². The zero-order valence-corrected chi connectivity index (χ0v) is 16.1. The van der Waals surface area contributed by atoms with Crippen molar-refractivity contribution in [3.8, 4) is 5.75 Å². The topological polar surface area (TPSA) is 75.7 Å². The van der Waals surface area contributed by atoms with Crippen molar-refractivity contribution in [3.63, 3.8) is 0 Å². The third kappa shape index (κ3) is 3.22. The van der Waals surface area contributed by atoms with E-state index >= 15 is 0 Å². The predicted octanol–water partition coefficient (Wildman–Crippen LogP) is 2.22. The van der Waals surface area contributed by atoms with E-state index in [-0.39, 0.29) is 17.4 Å². The molecule has 1 unspecified atom stereocenters. The summed E-state index contributed by atoms with van der Waals surface area (Å²) in [5, 5.41) is 3.24. The lowest BCUT2D eigenvalue weighted by Crippen LogP contribution is -2.53. The number of para-hydroxylation sites is 1. The number of ether oxygens (including phenoxy) is 1. The number of nitrogens with one attached hydrogen (secondary N) is 1. The van der Waals surface area contributed by atoms with E-state index in [1.165, 1.54) is 10.6 Å². The zero-order chi connectivity index (χ0) is 18.6. The van der Waals surface area contributed by atoms with E-state index in [0.717, 1.165) is 24.2 Å². The third-order valence-corrected chi connectivity index (χ3v) is 7.46. The minimum Gasteiger partial charge on any atom is -0.487 e. The number of fused-ring (bicyclic) bond motifs is 1. The van der Waals surface area contributed by atoms with Crippen molar-refractivity contribution < 1.29 is 17.9 Å². The molecule has 2 heterocycles. The van der Waals surface area contributed by atoms with E-state index in [4.69, 9.17) is 4.74 Å². The molecule has 1 amide bonds. The summed E-state index contributed by atoms with van der Waals surface area (Å²) in [5.74, 6) is 0.917. The Morgan fingerprint density at radius 2 is 1.85 bits per heavy atom. The number of piperidine rings is 1. The molecule has 4 rings (SSSR count). The summed E-state index contributed by atoms with van der Waals surface area (Å²) in [4.78, 5) is 12.6. The van der Waals surface area contributed by atoms with E-state index in [1.54, 1.807) is 0 Å². The van der Waals surface area contributed by atoms with Gasteiger partial charge in [-0.1, -0.05) is 25.1 Å². The molecular weight excluding hydrogens is 352 g/mol. The van der Waals surface area contributed by atoms with Crippen LogP contribution in [0.15, 0.2) is 24.3 Å². The molecule has 1 saturated carbocycles. The van der Waals surface area contributed by atoms with Crippen molar-refractivity contribution in [3.05, 3.63) is 29.8 Å². The molecule has 1 N–H and O–H groups in total. The van der Waals surface area contributed by atoms with Gasteiger partial charge in [0.05, 0.1) is 12.3 Å². The molecule has 1 atom stereocenters. The van der Waals surface area contributed by atoms with Gasteiger partial charge in [0.2, 0.25) is 15.9 Å². The van der Waals surface area contributed by atoms with Gasteiger partial charge in [0.15, 0.2) is 0 Å². The first-order valence-corrected chi connectivity index (χ1v) is 11.1. The van der Waals surface area contributed by atoms with Crippen molar-refractivity contribution >= 4 is 15.9 Å². The Morgan fingerprint density at radius 1 is 1.19 bits per heavy atom. The molecule has 26 heavy (non-hydrogen) atoms. The molecule has 7 heteroatoms. The van der Waals surface area contributed by atoms with Gasteiger partial charge in [0.25, 0.3) is 0 Å². The highest BCUT2D eigenvalue weighted by Crippen LogP contribution is 2.48. The fourth-order valence-electron chi connectivity index (χ4n) is 4.03. The lowest BCUT2D eigenvalue weighted by Gasteiger charge is -2.46. The zero-order valence-electron chi connectivity index (χ0n) is 15.3. The Balaban J connectivity index is 1.57. The molecule has 1 aromatic rings. The lowest BCUT2D eigenvalue weighted by molar-refractivity contribution is -0.127. The maximum Gasteiger partial charge on any atom is 0.226 e. The number of hydrogen-bond acceptors (Lipinski definition) is 4. The molecule has 3 aliphatic rings. The standard InChI is InChI=1S/C19H26N2O4S/c1-18(7-8-18)17(22)20-15-13-19(25-16-6-4-3-5-14(15)16)9-11-21(12-10-19)26(2,23)24/h3-6,15H,7-13H2,1-2H3,(H,20,22). The summed E-state index contributed by atoms with van der Waals surface area (Å²) in [6.07, 6.45) is 5.09. The van der Waals surface area contributed by atoms with Crippen LogP contribution < -0.4 is 10.1 Å². The summed E-state index contributed by atoms with van der Waals surface area (Å²) in [6.45, 7) is 2.92. The highest BCUT2D eigenvalue weighted by atomic mass is 32.2. The SMILES string of the molecule is CC1(C(=O)NC2CC3(CCN(S(C)(=O)=O)CC3)Oc3ccccc32)CC1. The Kier molecular flexibility index (Phi) is 4.08. The molecule has 6 nitrogen and oxygen atoms in total. The maximum absolute atomic E-state index is 12.6. The van der Waals surface area contributed by atoms with Gasteiger partial charge in [-0.3, -0.25) is 4.79 Å². The fraction of sp³-hybridized carbons (Fsp3) is 0.632. The van der Waals surface area contributed by atoms with Crippen LogP contribution in [0.2, 0.25) is 0 Å². The molecule has 2 aliphatic heterocycles. The highest BCUT2D eigenvalue weighted by Gasteiger charge is 2.48. The fourth-order valence-corrected chi connectivity index (χ4v) is 4.87. The average Bonchev–Trinajstić information content (AvgIpc) is 3.33. The highest BCUT2D eigenvalue weighted by molar-refractivity contribution is 7.88. The second kappa shape index (κ2) is 5.96. The minimum absolute atomic E-state index is 0.0883. The predicted molar refractivity (Wildman–Crippen MR) is 98.3 cm³/mol. The van der Waals surface area contributed by atoms with Gasteiger partial charge >= 0.3 is 0 Å². The van der Waals surface area contributed by atoms with Crippen LogP contribution >= 0.6 is 0 Å². The monoisotopic (exact) mass is 378 g/mol. The second-order valence-corrected chi connectivity index (χ2v) is 10.3. The second-order valence-electron chi connectivity index (χ2n) is 8.28. The van der Waals surface area contributed by atoms with Crippen LogP contribution in [0.5, 0.6) is 5.75 Å². The van der Waals surface area contributed by atoms with Gasteiger partial charge in [-0.25, -0.2) is 12.7 Å². The summed E-state index contributed by atoms with van der Waals surface area (Å²) in [6, 6.07) is 7.76. The number of amides is 1. The maximum atomic E-state index is 12.6. The lowest BCUT2D eigenvalue weighted by atomic mass is 9.81. The van der Waals surface area contributed by atoms with Crippen LogP contribution in [0.4, 0.5) is 0 Å². The van der Waals surface area contributed by atoms with Crippen LogP contribution in [0.25, 0.3) is 0 Å². The van der Waals surface area contributed by atoms with Crippen LogP contribution in [0.3, 0.4) is 0 Å². The average molecular weight is 378 g/mol. The molecule has 1 aromatic carbocycles. The van der Waals surface area contributed by atoms with Gasteiger partial charge in [-0.15, -0.1) is 0 Å². The summed E-state index contributed by atoms with van der Waals surface area (Å²) in [5.41, 5.74) is 0.374. The van der Waals surface area contributed by atoms with Gasteiger partial charge < -0.3 is 10.1 Å². The van der Waals surface area contributed by atoms with E-state index in [0.29, 0.717) is 32.4 Å². The number of nitrogens with zero attached hydrogens (tertiary/aromatic N) is 1. The quantitative estimate of drug-likeness (QED) is 0.875. The summed E-state index contributed by atoms with van der Waals surface area (Å²) in [7, 11) is -3.18. The minimum atomic E-state index is -3.18. The van der Waals surface area contributed by atoms with E-state index in [1.807, 2.05) is 31.2 Å². The summed E-state index contributed by atoms with van der Waals surface area (Å²) < 4.78 is 31.5. The van der Waals surface area contributed by atoms with Gasteiger partial charge in [-0.05, 0) is 18.9 Å². The molecular formula is C19H26N2O4S. The molecule has 1 saturated heterocycles. The Hall–Kier alpha value is -1.60. The smallest absolute Gasteiger partial charge is 0.226 e. The number of carbonyl (C=O) groups excluding carboxylic acids is 1. The first-order chi connectivity index (χ1) is 12.2. The van der Waals surface area contributed by atoms with Crippen molar-refractivity contribution in [2.45, 2.75) is 50.7 Å². The molecule has 2 fully saturated rings. The van der Waals surface area contributed by atoms with Crippen molar-refractivity contribution in [1.82, 2.24) is 9.62 Å². The molecule has 1 aliphatic carbocycles. The van der Waals surface area contributed by atoms with E-state index < -0.39 is 15.6 Å². The molecule has 0 bridgehead atoms. The Bertz CT molecular complexity index is 824. The molecule has 0 aromatic heterocycles. The number of hydrogen-bond donors (Lipinski definition) is 1. The van der Waals surface area contributed by atoms with E-state index in [9.17, 15) is 13.2 Å². The largest absolute Gasteiger partial charge is 0.487 e. The van der Waals surface area contributed by atoms with E-state index in [2.05, 4.69) is 5.32 Å². The number of rotatable bonds is 3. The normalized spacial score (nSPS) is 26.6. The van der Waals surface area contributed by atoms with Gasteiger partial charge in [0, 0.05) is 43.3 Å². The molecule has 1 spiro atoms. The van der Waals surface area contributed by atoms with Crippen molar-refractivity contribution in [2.75, 3.05) is 19.3 Å². The summed E-state index contributed by atoms with van der Waals surface area (Å²) >= 11 is 0. The number of benzene rings is 1. The Labute approximate surface area is 155 Å².